The molecule has 126 valence electrons. The average Bonchev–Trinajstić information content (AvgIpc) is 3.03. The first kappa shape index (κ1) is 17.4. The summed E-state index contributed by atoms with van der Waals surface area (Å²) in [6, 6.07) is -1.15. The third-order valence-electron chi connectivity index (χ3n) is 3.50. The van der Waals surface area contributed by atoms with Crippen molar-refractivity contribution in [3.63, 3.8) is 0 Å². The molecule has 0 aliphatic carbocycles. The highest BCUT2D eigenvalue weighted by molar-refractivity contribution is 7.09. The number of urea groups is 1. The molecule has 2 rings (SSSR count). The monoisotopic (exact) mass is 338 g/mol. The van der Waals surface area contributed by atoms with Crippen LogP contribution in [-0.2, 0) is 16.0 Å². The van der Waals surface area contributed by atoms with Gasteiger partial charge in [-0.1, -0.05) is 6.92 Å². The van der Waals surface area contributed by atoms with Crippen molar-refractivity contribution in [2.75, 3.05) is 13.1 Å². The van der Waals surface area contributed by atoms with E-state index in [1.54, 1.807) is 11.3 Å². The predicted molar refractivity (Wildman–Crippen MR) is 87.1 cm³/mol. The number of hydrogen-bond acceptors (Lipinski definition) is 5. The van der Waals surface area contributed by atoms with E-state index >= 15 is 0 Å². The first-order chi connectivity index (χ1) is 11.0. The molecule has 1 aromatic rings. The van der Waals surface area contributed by atoms with Crippen molar-refractivity contribution in [2.45, 2.75) is 45.6 Å². The van der Waals surface area contributed by atoms with Gasteiger partial charge < -0.3 is 10.6 Å². The standard InChI is InChI=1S/C15H22N4O3S/c1-3-7-19-14(21)11(18-15(19)22)8-12(20)16-6-4-5-13-17-10(2)9-23-13/h9,11H,3-8H2,1-2H3,(H,16,20)(H,18,22)/t11-/m0/s1. The molecule has 0 radical (unpaired) electrons. The highest BCUT2D eigenvalue weighted by atomic mass is 32.1. The van der Waals surface area contributed by atoms with Gasteiger partial charge in [-0.25, -0.2) is 9.78 Å². The van der Waals surface area contributed by atoms with Crippen LogP contribution in [0.1, 0.15) is 36.9 Å². The minimum atomic E-state index is -0.740. The van der Waals surface area contributed by atoms with Crippen LogP contribution in [0.4, 0.5) is 4.79 Å². The molecule has 0 spiro atoms. The Labute approximate surface area is 139 Å². The van der Waals surface area contributed by atoms with Gasteiger partial charge in [0.15, 0.2) is 0 Å². The van der Waals surface area contributed by atoms with E-state index in [0.717, 1.165) is 23.5 Å². The highest BCUT2D eigenvalue weighted by Gasteiger charge is 2.38. The molecule has 7 nitrogen and oxygen atoms in total. The maximum Gasteiger partial charge on any atom is 0.324 e. The van der Waals surface area contributed by atoms with Gasteiger partial charge in [0, 0.05) is 30.6 Å². The van der Waals surface area contributed by atoms with Crippen LogP contribution in [0.3, 0.4) is 0 Å². The summed E-state index contributed by atoms with van der Waals surface area (Å²) in [5, 5.41) is 8.41. The molecule has 2 N–H and O–H groups in total. The van der Waals surface area contributed by atoms with E-state index in [1.807, 2.05) is 19.2 Å². The zero-order valence-corrected chi connectivity index (χ0v) is 14.2. The lowest BCUT2D eigenvalue weighted by molar-refractivity contribution is -0.130. The fraction of sp³-hybridized carbons (Fsp3) is 0.600. The summed E-state index contributed by atoms with van der Waals surface area (Å²) < 4.78 is 0. The maximum absolute atomic E-state index is 12.0. The van der Waals surface area contributed by atoms with E-state index in [9.17, 15) is 14.4 Å². The fourth-order valence-corrected chi connectivity index (χ4v) is 3.21. The number of nitrogens with zero attached hydrogens (tertiary/aromatic N) is 2. The molecule has 2 heterocycles. The maximum atomic E-state index is 12.0. The Morgan fingerprint density at radius 2 is 2.26 bits per heavy atom. The van der Waals surface area contributed by atoms with Crippen LogP contribution in [0.25, 0.3) is 0 Å². The van der Waals surface area contributed by atoms with Gasteiger partial charge in [-0.05, 0) is 19.8 Å². The molecule has 1 saturated heterocycles. The third-order valence-corrected chi connectivity index (χ3v) is 4.53. The minimum absolute atomic E-state index is 0.0128. The Morgan fingerprint density at radius 1 is 1.48 bits per heavy atom. The zero-order chi connectivity index (χ0) is 16.8. The van der Waals surface area contributed by atoms with Crippen LogP contribution in [0.2, 0.25) is 0 Å². The van der Waals surface area contributed by atoms with E-state index in [-0.39, 0.29) is 18.2 Å². The molecule has 0 saturated carbocycles. The molecular formula is C15H22N4O3S. The molecule has 0 unspecified atom stereocenters. The van der Waals surface area contributed by atoms with E-state index in [2.05, 4.69) is 15.6 Å². The van der Waals surface area contributed by atoms with Crippen molar-refractivity contribution >= 4 is 29.2 Å². The van der Waals surface area contributed by atoms with Crippen LogP contribution >= 0.6 is 11.3 Å². The van der Waals surface area contributed by atoms with Crippen LogP contribution < -0.4 is 10.6 Å². The largest absolute Gasteiger partial charge is 0.356 e. The second kappa shape index (κ2) is 8.05. The minimum Gasteiger partial charge on any atom is -0.356 e. The molecule has 4 amide bonds. The molecule has 1 fully saturated rings. The van der Waals surface area contributed by atoms with Gasteiger partial charge in [0.1, 0.15) is 6.04 Å². The van der Waals surface area contributed by atoms with Gasteiger partial charge in [-0.15, -0.1) is 11.3 Å². The van der Waals surface area contributed by atoms with Gasteiger partial charge in [0.25, 0.3) is 5.91 Å². The van der Waals surface area contributed by atoms with Crippen LogP contribution in [0.15, 0.2) is 5.38 Å². The topological polar surface area (TPSA) is 91.4 Å². The number of rotatable bonds is 8. The molecule has 23 heavy (non-hydrogen) atoms. The average molecular weight is 338 g/mol. The summed E-state index contributed by atoms with van der Waals surface area (Å²) in [6.07, 6.45) is 2.31. The molecule has 8 heteroatoms. The Morgan fingerprint density at radius 3 is 2.91 bits per heavy atom. The Bertz CT molecular complexity index is 587. The summed E-state index contributed by atoms with van der Waals surface area (Å²) >= 11 is 1.62. The normalized spacial score (nSPS) is 17.5. The smallest absolute Gasteiger partial charge is 0.324 e. The van der Waals surface area contributed by atoms with Crippen molar-refractivity contribution in [3.8, 4) is 0 Å². The van der Waals surface area contributed by atoms with Crippen molar-refractivity contribution in [3.05, 3.63) is 16.1 Å². The summed E-state index contributed by atoms with van der Waals surface area (Å²) in [6.45, 7) is 4.77. The number of aromatic nitrogens is 1. The van der Waals surface area contributed by atoms with E-state index in [4.69, 9.17) is 0 Å². The Kier molecular flexibility index (Phi) is 6.09. The van der Waals surface area contributed by atoms with Gasteiger partial charge in [-0.3, -0.25) is 14.5 Å². The first-order valence-electron chi connectivity index (χ1n) is 7.80. The number of amides is 4. The Hall–Kier alpha value is -1.96. The predicted octanol–water partition coefficient (Wildman–Crippen LogP) is 1.22. The lowest BCUT2D eigenvalue weighted by Crippen LogP contribution is -2.37. The SMILES string of the molecule is CCCN1C(=O)N[C@@H](CC(=O)NCCCc2nc(C)cs2)C1=O. The van der Waals surface area contributed by atoms with Crippen LogP contribution in [0, 0.1) is 6.92 Å². The summed E-state index contributed by atoms with van der Waals surface area (Å²) in [7, 11) is 0. The van der Waals surface area contributed by atoms with Crippen molar-refractivity contribution in [1.82, 2.24) is 20.5 Å². The highest BCUT2D eigenvalue weighted by Crippen LogP contribution is 2.11. The number of aryl methyl sites for hydroxylation is 2. The number of imide groups is 1. The second-order valence-electron chi connectivity index (χ2n) is 5.53. The second-order valence-corrected chi connectivity index (χ2v) is 6.47. The Balaban J connectivity index is 1.68. The van der Waals surface area contributed by atoms with Gasteiger partial charge in [0.2, 0.25) is 5.91 Å². The van der Waals surface area contributed by atoms with Crippen LogP contribution in [0.5, 0.6) is 0 Å². The molecule has 0 bridgehead atoms. The molecule has 0 aromatic carbocycles. The summed E-state index contributed by atoms with van der Waals surface area (Å²) in [4.78, 5) is 41.1. The molecular weight excluding hydrogens is 316 g/mol. The molecule has 1 aliphatic rings. The zero-order valence-electron chi connectivity index (χ0n) is 13.4. The van der Waals surface area contributed by atoms with Crippen molar-refractivity contribution in [1.29, 1.82) is 0 Å². The molecule has 1 aliphatic heterocycles. The molecule has 1 atom stereocenters. The fourth-order valence-electron chi connectivity index (χ4n) is 2.39. The van der Waals surface area contributed by atoms with Gasteiger partial charge in [0.05, 0.1) is 11.4 Å². The summed E-state index contributed by atoms with van der Waals surface area (Å²) in [5.41, 5.74) is 1.01. The van der Waals surface area contributed by atoms with E-state index in [0.29, 0.717) is 19.5 Å². The number of nitrogens with one attached hydrogen (secondary N) is 2. The number of thiazole rings is 1. The quantitative estimate of drug-likeness (QED) is 0.551. The number of carbonyl (C=O) groups is 3. The number of carbonyl (C=O) groups excluding carboxylic acids is 3. The first-order valence-corrected chi connectivity index (χ1v) is 8.68. The summed E-state index contributed by atoms with van der Waals surface area (Å²) in [5.74, 6) is -0.539. The van der Waals surface area contributed by atoms with E-state index in [1.165, 1.54) is 4.90 Å². The van der Waals surface area contributed by atoms with Gasteiger partial charge >= 0.3 is 6.03 Å². The van der Waals surface area contributed by atoms with Crippen molar-refractivity contribution in [2.24, 2.45) is 0 Å². The van der Waals surface area contributed by atoms with Crippen molar-refractivity contribution < 1.29 is 14.4 Å². The van der Waals surface area contributed by atoms with Gasteiger partial charge in [-0.2, -0.15) is 0 Å². The molecule has 1 aromatic heterocycles. The van der Waals surface area contributed by atoms with Crippen LogP contribution in [-0.4, -0.2) is 46.9 Å². The van der Waals surface area contributed by atoms with E-state index < -0.39 is 12.1 Å². The number of hydrogen-bond donors (Lipinski definition) is 2. The lowest BCUT2D eigenvalue weighted by Gasteiger charge is -2.11. The lowest BCUT2D eigenvalue weighted by atomic mass is 10.2. The third kappa shape index (κ3) is 4.75.